The van der Waals surface area contributed by atoms with Gasteiger partial charge in [-0.05, 0) is 18.8 Å². The lowest BCUT2D eigenvalue weighted by Crippen LogP contribution is -2.42. The van der Waals surface area contributed by atoms with Crippen molar-refractivity contribution >= 4 is 16.0 Å². The monoisotopic (exact) mass is 277 g/mol. The van der Waals surface area contributed by atoms with E-state index in [0.717, 1.165) is 25.7 Å². The summed E-state index contributed by atoms with van der Waals surface area (Å²) in [6, 6.07) is 0.0752. The topological polar surface area (TPSA) is 74.7 Å². The summed E-state index contributed by atoms with van der Waals surface area (Å²) in [5.74, 6) is -1.09. The van der Waals surface area contributed by atoms with Crippen molar-refractivity contribution in [2.24, 2.45) is 5.92 Å². The molecule has 0 aliphatic heterocycles. The molecule has 1 aliphatic carbocycles. The summed E-state index contributed by atoms with van der Waals surface area (Å²) in [5.41, 5.74) is 0. The Kier molecular flexibility index (Phi) is 5.59. The molecule has 1 saturated carbocycles. The van der Waals surface area contributed by atoms with Crippen LogP contribution in [0.25, 0.3) is 0 Å². The minimum atomic E-state index is -3.44. The molecular weight excluding hydrogens is 254 g/mol. The van der Waals surface area contributed by atoms with Gasteiger partial charge in [0.1, 0.15) is 0 Å². The lowest BCUT2D eigenvalue weighted by atomic mass is 10.2. The second-order valence-corrected chi connectivity index (χ2v) is 7.40. The van der Waals surface area contributed by atoms with Crippen molar-refractivity contribution in [2.45, 2.75) is 52.0 Å². The van der Waals surface area contributed by atoms with E-state index in [-0.39, 0.29) is 24.1 Å². The first-order chi connectivity index (χ1) is 8.33. The van der Waals surface area contributed by atoms with Gasteiger partial charge in [0.05, 0.1) is 12.2 Å². The normalized spacial score (nSPS) is 17.8. The Morgan fingerprint density at radius 3 is 2.33 bits per heavy atom. The van der Waals surface area contributed by atoms with Crippen LogP contribution in [-0.4, -0.2) is 42.1 Å². The summed E-state index contributed by atoms with van der Waals surface area (Å²) >= 11 is 0. The van der Waals surface area contributed by atoms with Crippen LogP contribution in [0.3, 0.4) is 0 Å². The number of carboxylic acids is 1. The molecule has 18 heavy (non-hydrogen) atoms. The zero-order chi connectivity index (χ0) is 13.8. The van der Waals surface area contributed by atoms with Crippen molar-refractivity contribution in [3.05, 3.63) is 0 Å². The van der Waals surface area contributed by atoms with Crippen LogP contribution in [0.4, 0.5) is 0 Å². The fourth-order valence-electron chi connectivity index (χ4n) is 2.38. The van der Waals surface area contributed by atoms with E-state index in [9.17, 15) is 13.2 Å². The highest BCUT2D eigenvalue weighted by Gasteiger charge is 2.32. The summed E-state index contributed by atoms with van der Waals surface area (Å²) in [7, 11) is -3.44. The van der Waals surface area contributed by atoms with Crippen LogP contribution >= 0.6 is 0 Å². The molecular formula is C12H23NO4S. The third kappa shape index (κ3) is 4.57. The van der Waals surface area contributed by atoms with Crippen molar-refractivity contribution in [1.29, 1.82) is 0 Å². The molecule has 106 valence electrons. The first-order valence-corrected chi connectivity index (χ1v) is 8.15. The molecule has 0 aromatic rings. The summed E-state index contributed by atoms with van der Waals surface area (Å²) < 4.78 is 26.0. The van der Waals surface area contributed by atoms with Crippen LogP contribution in [0.15, 0.2) is 0 Å². The van der Waals surface area contributed by atoms with Crippen LogP contribution < -0.4 is 0 Å². The summed E-state index contributed by atoms with van der Waals surface area (Å²) in [6.45, 7) is 4.45. The van der Waals surface area contributed by atoms with E-state index < -0.39 is 16.0 Å². The molecule has 1 fully saturated rings. The van der Waals surface area contributed by atoms with Gasteiger partial charge >= 0.3 is 5.97 Å². The van der Waals surface area contributed by atoms with Gasteiger partial charge in [-0.15, -0.1) is 0 Å². The third-order valence-corrected chi connectivity index (χ3v) is 5.09. The van der Waals surface area contributed by atoms with Crippen LogP contribution in [0.1, 0.15) is 46.0 Å². The maximum absolute atomic E-state index is 12.2. The number of hydrogen-bond acceptors (Lipinski definition) is 3. The molecule has 0 unspecified atom stereocenters. The Bertz CT molecular complexity index is 372. The number of carbonyl (C=O) groups is 1. The number of sulfonamides is 1. The van der Waals surface area contributed by atoms with Crippen LogP contribution in [0.5, 0.6) is 0 Å². The van der Waals surface area contributed by atoms with E-state index in [4.69, 9.17) is 5.11 Å². The van der Waals surface area contributed by atoms with Crippen molar-refractivity contribution in [3.63, 3.8) is 0 Å². The molecule has 5 nitrogen and oxygen atoms in total. The lowest BCUT2D eigenvalue weighted by molar-refractivity contribution is -0.136. The van der Waals surface area contributed by atoms with E-state index in [1.54, 1.807) is 4.31 Å². The molecule has 0 bridgehead atoms. The maximum atomic E-state index is 12.2. The first-order valence-electron chi connectivity index (χ1n) is 6.54. The smallest absolute Gasteiger partial charge is 0.304 e. The van der Waals surface area contributed by atoms with Gasteiger partial charge in [0.15, 0.2) is 0 Å². The largest absolute Gasteiger partial charge is 0.481 e. The average molecular weight is 277 g/mol. The lowest BCUT2D eigenvalue weighted by Gasteiger charge is -2.29. The Morgan fingerprint density at radius 2 is 1.89 bits per heavy atom. The zero-order valence-corrected chi connectivity index (χ0v) is 11.9. The second-order valence-electron chi connectivity index (χ2n) is 5.36. The molecule has 1 N–H and O–H groups in total. The van der Waals surface area contributed by atoms with Crippen molar-refractivity contribution in [2.75, 3.05) is 12.3 Å². The molecule has 6 heteroatoms. The predicted molar refractivity (Wildman–Crippen MR) is 69.8 cm³/mol. The van der Waals surface area contributed by atoms with E-state index in [0.29, 0.717) is 6.54 Å². The molecule has 1 aliphatic rings. The Labute approximate surface area is 109 Å². The van der Waals surface area contributed by atoms with Crippen molar-refractivity contribution < 1.29 is 18.3 Å². The second kappa shape index (κ2) is 6.52. The summed E-state index contributed by atoms with van der Waals surface area (Å²) in [6.07, 6.45) is 3.61. The molecule has 0 radical (unpaired) electrons. The van der Waals surface area contributed by atoms with Gasteiger partial charge in [0.2, 0.25) is 10.0 Å². The molecule has 0 heterocycles. The quantitative estimate of drug-likeness (QED) is 0.768. The SMILES string of the molecule is CC(C)CN(C1CCCC1)S(=O)(=O)CCC(=O)O. The highest BCUT2D eigenvalue weighted by atomic mass is 32.2. The Morgan fingerprint density at radius 1 is 1.33 bits per heavy atom. The fourth-order valence-corrected chi connectivity index (χ4v) is 4.23. The molecule has 0 spiro atoms. The predicted octanol–water partition coefficient (Wildman–Crippen LogP) is 1.69. The van der Waals surface area contributed by atoms with E-state index in [2.05, 4.69) is 0 Å². The number of carboxylic acid groups (broad SMARTS) is 1. The van der Waals surface area contributed by atoms with E-state index in [1.165, 1.54) is 0 Å². The Balaban J connectivity index is 2.76. The third-order valence-electron chi connectivity index (χ3n) is 3.21. The van der Waals surface area contributed by atoms with E-state index in [1.807, 2.05) is 13.8 Å². The summed E-state index contributed by atoms with van der Waals surface area (Å²) in [4.78, 5) is 10.5. The Hall–Kier alpha value is -0.620. The van der Waals surface area contributed by atoms with Crippen LogP contribution in [0.2, 0.25) is 0 Å². The standard InChI is InChI=1S/C12H23NO4S/c1-10(2)9-13(11-5-3-4-6-11)18(16,17)8-7-12(14)15/h10-11H,3-9H2,1-2H3,(H,14,15). The van der Waals surface area contributed by atoms with Crippen LogP contribution in [-0.2, 0) is 14.8 Å². The number of nitrogens with zero attached hydrogens (tertiary/aromatic N) is 1. The number of hydrogen-bond donors (Lipinski definition) is 1. The first kappa shape index (κ1) is 15.4. The van der Waals surface area contributed by atoms with Gasteiger partial charge in [-0.1, -0.05) is 26.7 Å². The van der Waals surface area contributed by atoms with Crippen LogP contribution in [0, 0.1) is 5.92 Å². The van der Waals surface area contributed by atoms with Gasteiger partial charge in [0, 0.05) is 12.6 Å². The number of aliphatic carboxylic acids is 1. The number of rotatable bonds is 7. The molecule has 0 atom stereocenters. The summed E-state index contributed by atoms with van der Waals surface area (Å²) in [5, 5.41) is 8.62. The minimum absolute atomic E-state index is 0.0752. The average Bonchev–Trinajstić information content (AvgIpc) is 2.76. The van der Waals surface area contributed by atoms with Gasteiger partial charge in [0.25, 0.3) is 0 Å². The molecule has 0 aromatic heterocycles. The van der Waals surface area contributed by atoms with E-state index >= 15 is 0 Å². The highest BCUT2D eigenvalue weighted by Crippen LogP contribution is 2.26. The fraction of sp³-hybridized carbons (Fsp3) is 0.917. The molecule has 0 saturated heterocycles. The van der Waals surface area contributed by atoms with Gasteiger partial charge in [-0.2, -0.15) is 4.31 Å². The zero-order valence-electron chi connectivity index (χ0n) is 11.1. The molecule has 0 amide bonds. The minimum Gasteiger partial charge on any atom is -0.481 e. The van der Waals surface area contributed by atoms with Gasteiger partial charge < -0.3 is 5.11 Å². The molecule has 0 aromatic carbocycles. The maximum Gasteiger partial charge on any atom is 0.304 e. The van der Waals surface area contributed by atoms with Gasteiger partial charge in [-0.3, -0.25) is 4.79 Å². The highest BCUT2D eigenvalue weighted by molar-refractivity contribution is 7.89. The van der Waals surface area contributed by atoms with Crippen molar-refractivity contribution in [3.8, 4) is 0 Å². The molecule has 1 rings (SSSR count). The van der Waals surface area contributed by atoms with Crippen molar-refractivity contribution in [1.82, 2.24) is 4.31 Å². The van der Waals surface area contributed by atoms with Gasteiger partial charge in [-0.25, -0.2) is 8.42 Å².